The normalized spacial score (nSPS) is 39.8. The molecule has 2 fully saturated rings. The summed E-state index contributed by atoms with van der Waals surface area (Å²) in [7, 11) is 0. The molecule has 10 heteroatoms. The van der Waals surface area contributed by atoms with Crippen molar-refractivity contribution in [1.82, 2.24) is 0 Å². The van der Waals surface area contributed by atoms with Crippen LogP contribution in [0.5, 0.6) is 0 Å². The van der Waals surface area contributed by atoms with Crippen molar-refractivity contribution in [2.24, 2.45) is 34.0 Å². The quantitative estimate of drug-likeness (QED) is 0.205. The third kappa shape index (κ3) is 6.32. The Morgan fingerprint density at radius 3 is 2.21 bits per heavy atom. The Morgan fingerprint density at radius 1 is 1.00 bits per heavy atom. The summed E-state index contributed by atoms with van der Waals surface area (Å²) in [5, 5.41) is 12.7. The van der Waals surface area contributed by atoms with E-state index in [2.05, 4.69) is 19.1 Å². The minimum Gasteiger partial charge on any atom is -0.462 e. The van der Waals surface area contributed by atoms with Gasteiger partial charge in [-0.1, -0.05) is 37.6 Å². The highest BCUT2D eigenvalue weighted by atomic mass is 16.6. The molecule has 4 aliphatic rings. The minimum absolute atomic E-state index is 0.0658. The first-order valence-corrected chi connectivity index (χ1v) is 16.8. The van der Waals surface area contributed by atoms with E-state index in [4.69, 9.17) is 23.7 Å². The molecule has 1 N–H and O–H groups in total. The summed E-state index contributed by atoms with van der Waals surface area (Å²) in [4.78, 5) is 51.2. The molecule has 3 aliphatic carbocycles. The number of ether oxygens (including phenoxy) is 5. The predicted molar refractivity (Wildman–Crippen MR) is 174 cm³/mol. The fourth-order valence-electron chi connectivity index (χ4n) is 10.1. The van der Waals surface area contributed by atoms with Gasteiger partial charge in [0.25, 0.3) is 0 Å². The summed E-state index contributed by atoms with van der Waals surface area (Å²) in [5.41, 5.74) is -2.20. The van der Waals surface area contributed by atoms with Crippen LogP contribution >= 0.6 is 0 Å². The van der Waals surface area contributed by atoms with Crippen LogP contribution in [0.1, 0.15) is 94.9 Å². The fourth-order valence-corrected chi connectivity index (χ4v) is 10.1. The Hall–Kier alpha value is -2.98. The van der Waals surface area contributed by atoms with Crippen molar-refractivity contribution in [2.45, 2.75) is 125 Å². The maximum atomic E-state index is 13.1. The van der Waals surface area contributed by atoms with Gasteiger partial charge in [0.05, 0.1) is 24.2 Å². The van der Waals surface area contributed by atoms with E-state index in [1.54, 1.807) is 6.92 Å². The number of fused-ring (bicyclic) bond motifs is 5. The third-order valence-electron chi connectivity index (χ3n) is 11.8. The van der Waals surface area contributed by atoms with Gasteiger partial charge in [0.15, 0.2) is 6.10 Å². The summed E-state index contributed by atoms with van der Waals surface area (Å²) in [6.45, 7) is 17.5. The number of carbonyl (C=O) groups is 4. The Morgan fingerprint density at radius 2 is 1.64 bits per heavy atom. The molecule has 10 nitrogen and oxygen atoms in total. The highest BCUT2D eigenvalue weighted by Gasteiger charge is 2.76. The number of rotatable bonds is 8. The van der Waals surface area contributed by atoms with Gasteiger partial charge in [0.2, 0.25) is 0 Å². The summed E-state index contributed by atoms with van der Waals surface area (Å²) in [6.07, 6.45) is 6.47. The van der Waals surface area contributed by atoms with E-state index < -0.39 is 87.9 Å². The molecule has 47 heavy (non-hydrogen) atoms. The number of aliphatic hydroxyl groups is 1. The van der Waals surface area contributed by atoms with Gasteiger partial charge in [-0.05, 0) is 76.4 Å². The van der Waals surface area contributed by atoms with E-state index in [0.29, 0.717) is 32.3 Å². The van der Waals surface area contributed by atoms with E-state index in [1.807, 2.05) is 39.8 Å². The van der Waals surface area contributed by atoms with Crippen molar-refractivity contribution in [3.8, 4) is 0 Å². The van der Waals surface area contributed by atoms with Crippen LogP contribution in [0, 0.1) is 34.0 Å². The molecule has 0 amide bonds. The number of hydrogen-bond donors (Lipinski definition) is 1. The second-order valence-electron chi connectivity index (χ2n) is 15.0. The highest BCUT2D eigenvalue weighted by molar-refractivity contribution is 5.68. The number of carbonyl (C=O) groups excluding carboxylic acids is 4. The Balaban J connectivity index is 2.06. The molecule has 1 heterocycles. The van der Waals surface area contributed by atoms with Gasteiger partial charge < -0.3 is 28.8 Å². The summed E-state index contributed by atoms with van der Waals surface area (Å²) in [5.74, 6) is -3.54. The average Bonchev–Trinajstić information content (AvgIpc) is 3.17. The Kier molecular flexibility index (Phi) is 10.6. The molecule has 0 saturated heterocycles. The highest BCUT2D eigenvalue weighted by Crippen LogP contribution is 2.72. The summed E-state index contributed by atoms with van der Waals surface area (Å²) in [6, 6.07) is 0. The molecule has 0 aromatic heterocycles. The molecular formula is C37H54O10. The molecule has 2 saturated carbocycles. The zero-order chi connectivity index (χ0) is 35.1. The lowest BCUT2D eigenvalue weighted by Gasteiger charge is -2.71. The number of esters is 4. The van der Waals surface area contributed by atoms with E-state index in [9.17, 15) is 24.3 Å². The van der Waals surface area contributed by atoms with Crippen LogP contribution in [0.3, 0.4) is 0 Å². The maximum Gasteiger partial charge on any atom is 0.303 e. The SMILES string of the molecule is CC(=O)O[C@H]1C2[C@@](C)(CCC3C(O)(CCC=C(C)C)C(C)=C[C@@H](OC(C)=O)[C@@]32C)C2C=CCOC[C@]2([C@@H](C)OC(C)=O)[C@H]1OC(C)=O. The molecule has 11 atom stereocenters. The molecule has 0 aromatic rings. The van der Waals surface area contributed by atoms with Crippen LogP contribution in [-0.4, -0.2) is 72.2 Å². The van der Waals surface area contributed by atoms with E-state index in [1.165, 1.54) is 27.7 Å². The molecule has 4 rings (SSSR count). The van der Waals surface area contributed by atoms with Gasteiger partial charge in [-0.3, -0.25) is 19.2 Å². The number of hydrogen-bond acceptors (Lipinski definition) is 10. The first kappa shape index (κ1) is 36.8. The monoisotopic (exact) mass is 658 g/mol. The standard InChI is InChI=1S/C37H54O10/c1-21(2)13-11-16-37(42)22(3)19-30(45-25(6)39)35(10)29(37)15-17-34(9)28-14-12-18-43-20-36(28,23(4)44-24(5)38)33(47-27(8)41)31(32(34)35)46-26(7)40/h12-14,19,23,28-33,42H,11,15-18,20H2,1-10H3/t23-,28?,29?,30-,31+,32?,33+,34+,35-,36-,37?/m1/s1. The molecule has 1 aliphatic heterocycles. The van der Waals surface area contributed by atoms with Crippen molar-refractivity contribution in [3.05, 3.63) is 35.5 Å². The van der Waals surface area contributed by atoms with Crippen LogP contribution in [0.15, 0.2) is 35.5 Å². The molecule has 262 valence electrons. The zero-order valence-corrected chi connectivity index (χ0v) is 29.7. The maximum absolute atomic E-state index is 13.1. The first-order chi connectivity index (χ1) is 21.8. The third-order valence-corrected chi connectivity index (χ3v) is 11.8. The molecule has 0 bridgehead atoms. The molecule has 0 radical (unpaired) electrons. The lowest BCUT2D eigenvalue weighted by atomic mass is 9.35. The zero-order valence-electron chi connectivity index (χ0n) is 29.7. The van der Waals surface area contributed by atoms with Crippen LogP contribution < -0.4 is 0 Å². The largest absolute Gasteiger partial charge is 0.462 e. The van der Waals surface area contributed by atoms with Gasteiger partial charge in [-0.2, -0.15) is 0 Å². The Bertz CT molecular complexity index is 1340. The van der Waals surface area contributed by atoms with E-state index in [0.717, 1.165) is 11.1 Å². The van der Waals surface area contributed by atoms with Crippen molar-refractivity contribution < 1.29 is 48.0 Å². The summed E-state index contributed by atoms with van der Waals surface area (Å²) < 4.78 is 30.7. The average molecular weight is 659 g/mol. The first-order valence-electron chi connectivity index (χ1n) is 16.8. The van der Waals surface area contributed by atoms with Crippen LogP contribution in [-0.2, 0) is 42.9 Å². The van der Waals surface area contributed by atoms with E-state index in [-0.39, 0.29) is 6.61 Å². The molecule has 0 spiro atoms. The van der Waals surface area contributed by atoms with Crippen molar-refractivity contribution in [2.75, 3.05) is 13.2 Å². The minimum atomic E-state index is -1.25. The lowest BCUT2D eigenvalue weighted by molar-refractivity contribution is -0.304. The van der Waals surface area contributed by atoms with E-state index >= 15 is 0 Å². The molecule has 4 unspecified atom stereocenters. The fraction of sp³-hybridized carbons (Fsp3) is 0.730. The predicted octanol–water partition coefficient (Wildman–Crippen LogP) is 5.41. The smallest absolute Gasteiger partial charge is 0.303 e. The van der Waals surface area contributed by atoms with Crippen molar-refractivity contribution in [3.63, 3.8) is 0 Å². The van der Waals surface area contributed by atoms with Gasteiger partial charge >= 0.3 is 23.9 Å². The second-order valence-corrected chi connectivity index (χ2v) is 15.0. The Labute approximate surface area is 279 Å². The lowest BCUT2D eigenvalue weighted by Crippen LogP contribution is -2.76. The molecular weight excluding hydrogens is 604 g/mol. The van der Waals surface area contributed by atoms with Gasteiger partial charge in [-0.25, -0.2) is 0 Å². The summed E-state index contributed by atoms with van der Waals surface area (Å²) >= 11 is 0. The van der Waals surface area contributed by atoms with Gasteiger partial charge in [0.1, 0.15) is 18.3 Å². The second kappa shape index (κ2) is 13.5. The van der Waals surface area contributed by atoms with Crippen LogP contribution in [0.25, 0.3) is 0 Å². The van der Waals surface area contributed by atoms with Gasteiger partial charge in [-0.15, -0.1) is 0 Å². The van der Waals surface area contributed by atoms with Crippen LogP contribution in [0.2, 0.25) is 0 Å². The van der Waals surface area contributed by atoms with Crippen molar-refractivity contribution >= 4 is 23.9 Å². The van der Waals surface area contributed by atoms with Gasteiger partial charge in [0, 0.05) is 44.9 Å². The molecule has 0 aromatic carbocycles. The van der Waals surface area contributed by atoms with Crippen LogP contribution in [0.4, 0.5) is 0 Å². The van der Waals surface area contributed by atoms with Crippen molar-refractivity contribution in [1.29, 1.82) is 0 Å². The topological polar surface area (TPSA) is 135 Å². The number of allylic oxidation sites excluding steroid dienone is 3.